The van der Waals surface area contributed by atoms with Crippen molar-refractivity contribution in [3.05, 3.63) is 59.1 Å². The predicted molar refractivity (Wildman–Crippen MR) is 77.7 cm³/mol. The molecule has 0 amide bonds. The molecule has 98 valence electrons. The Bertz CT molecular complexity index is 602. The predicted octanol–water partition coefficient (Wildman–Crippen LogP) is 4.43. The van der Waals surface area contributed by atoms with Gasteiger partial charge in [0.15, 0.2) is 10.9 Å². The highest BCUT2D eigenvalue weighted by Gasteiger charge is 2.07. The van der Waals surface area contributed by atoms with Crippen LogP contribution in [-0.4, -0.2) is 5.11 Å². The first-order valence-corrected chi connectivity index (χ1v) is 6.12. The smallest absolute Gasteiger partial charge is 0.175 e. The second-order valence-electron chi connectivity index (χ2n) is 3.69. The molecule has 2 rings (SSSR count). The number of rotatable bonds is 2. The van der Waals surface area contributed by atoms with Crippen LogP contribution in [0.5, 0.6) is 0 Å². The quantitative estimate of drug-likeness (QED) is 0.802. The standard InChI is InChI=1S/C13H9ClF2N2S/c14-10-2-1-3-11(12(10)16)18-13(19)17-9-6-4-8(15)5-7-9/h1-7H,(H2,17,18,19). The van der Waals surface area contributed by atoms with E-state index in [-0.39, 0.29) is 21.6 Å². The second-order valence-corrected chi connectivity index (χ2v) is 4.50. The first-order valence-electron chi connectivity index (χ1n) is 5.34. The summed E-state index contributed by atoms with van der Waals surface area (Å²) >= 11 is 10.7. The van der Waals surface area contributed by atoms with Crippen molar-refractivity contribution in [2.45, 2.75) is 0 Å². The van der Waals surface area contributed by atoms with Crippen molar-refractivity contribution in [2.75, 3.05) is 10.6 Å². The molecular weight excluding hydrogens is 290 g/mol. The van der Waals surface area contributed by atoms with E-state index in [1.54, 1.807) is 6.07 Å². The van der Waals surface area contributed by atoms with Crippen LogP contribution < -0.4 is 10.6 Å². The Morgan fingerprint density at radius 3 is 2.37 bits per heavy atom. The van der Waals surface area contributed by atoms with Crippen LogP contribution in [0.25, 0.3) is 0 Å². The molecule has 2 aromatic rings. The average Bonchev–Trinajstić information content (AvgIpc) is 2.38. The lowest BCUT2D eigenvalue weighted by Gasteiger charge is -2.11. The van der Waals surface area contributed by atoms with E-state index in [4.69, 9.17) is 23.8 Å². The molecular formula is C13H9ClF2N2S. The van der Waals surface area contributed by atoms with Gasteiger partial charge in [-0.1, -0.05) is 17.7 Å². The summed E-state index contributed by atoms with van der Waals surface area (Å²) in [5.41, 5.74) is 0.772. The van der Waals surface area contributed by atoms with Crippen molar-refractivity contribution in [2.24, 2.45) is 0 Å². The zero-order valence-electron chi connectivity index (χ0n) is 9.58. The van der Waals surface area contributed by atoms with Gasteiger partial charge in [0.25, 0.3) is 0 Å². The normalized spacial score (nSPS) is 10.1. The van der Waals surface area contributed by atoms with E-state index in [0.29, 0.717) is 5.69 Å². The van der Waals surface area contributed by atoms with E-state index in [9.17, 15) is 8.78 Å². The maximum absolute atomic E-state index is 13.6. The summed E-state index contributed by atoms with van der Waals surface area (Å²) in [6.07, 6.45) is 0. The van der Waals surface area contributed by atoms with E-state index in [1.807, 2.05) is 0 Å². The zero-order chi connectivity index (χ0) is 13.8. The Labute approximate surface area is 119 Å². The van der Waals surface area contributed by atoms with Crippen LogP contribution in [0.2, 0.25) is 5.02 Å². The monoisotopic (exact) mass is 298 g/mol. The Morgan fingerprint density at radius 2 is 1.68 bits per heavy atom. The topological polar surface area (TPSA) is 24.1 Å². The number of hydrogen-bond acceptors (Lipinski definition) is 1. The molecule has 0 spiro atoms. The van der Waals surface area contributed by atoms with Crippen LogP contribution in [0.15, 0.2) is 42.5 Å². The Balaban J connectivity index is 2.05. The van der Waals surface area contributed by atoms with Crippen molar-refractivity contribution in [3.63, 3.8) is 0 Å². The minimum absolute atomic E-state index is 0.00887. The van der Waals surface area contributed by atoms with Gasteiger partial charge >= 0.3 is 0 Å². The highest BCUT2D eigenvalue weighted by atomic mass is 35.5. The zero-order valence-corrected chi connectivity index (χ0v) is 11.2. The largest absolute Gasteiger partial charge is 0.332 e. The van der Waals surface area contributed by atoms with Gasteiger partial charge in [-0.25, -0.2) is 8.78 Å². The van der Waals surface area contributed by atoms with Crippen molar-refractivity contribution in [3.8, 4) is 0 Å². The van der Waals surface area contributed by atoms with E-state index >= 15 is 0 Å². The van der Waals surface area contributed by atoms with Crippen molar-refractivity contribution in [1.29, 1.82) is 0 Å². The molecule has 0 aromatic heterocycles. The third-order valence-corrected chi connectivity index (χ3v) is 2.80. The molecule has 2 N–H and O–H groups in total. The summed E-state index contributed by atoms with van der Waals surface area (Å²) in [6.45, 7) is 0. The van der Waals surface area contributed by atoms with Crippen LogP contribution >= 0.6 is 23.8 Å². The molecule has 0 saturated heterocycles. The van der Waals surface area contributed by atoms with Gasteiger partial charge in [0.2, 0.25) is 0 Å². The highest BCUT2D eigenvalue weighted by molar-refractivity contribution is 7.80. The summed E-state index contributed by atoms with van der Waals surface area (Å²) < 4.78 is 26.4. The number of hydrogen-bond donors (Lipinski definition) is 2. The first-order chi connectivity index (χ1) is 9.06. The van der Waals surface area contributed by atoms with Crippen molar-refractivity contribution < 1.29 is 8.78 Å². The minimum atomic E-state index is -0.576. The van der Waals surface area contributed by atoms with Crippen LogP contribution in [0.1, 0.15) is 0 Å². The summed E-state index contributed by atoms with van der Waals surface area (Å²) in [6, 6.07) is 10.2. The van der Waals surface area contributed by atoms with E-state index in [0.717, 1.165) is 0 Å². The fraction of sp³-hybridized carbons (Fsp3) is 0. The summed E-state index contributed by atoms with van der Waals surface area (Å²) in [7, 11) is 0. The molecule has 0 aliphatic heterocycles. The molecule has 0 aliphatic rings. The molecule has 19 heavy (non-hydrogen) atoms. The maximum Gasteiger partial charge on any atom is 0.175 e. The fourth-order valence-corrected chi connectivity index (χ4v) is 1.82. The number of thiocarbonyl (C=S) groups is 1. The van der Waals surface area contributed by atoms with E-state index < -0.39 is 5.82 Å². The molecule has 0 saturated carbocycles. The van der Waals surface area contributed by atoms with Gasteiger partial charge in [-0.15, -0.1) is 0 Å². The summed E-state index contributed by atoms with van der Waals surface area (Å²) in [5, 5.41) is 5.69. The van der Waals surface area contributed by atoms with Gasteiger partial charge in [-0.05, 0) is 48.6 Å². The lowest BCUT2D eigenvalue weighted by Crippen LogP contribution is -2.19. The van der Waals surface area contributed by atoms with Crippen LogP contribution in [0, 0.1) is 11.6 Å². The Hall–Kier alpha value is -1.72. The third kappa shape index (κ3) is 3.62. The molecule has 6 heteroatoms. The van der Waals surface area contributed by atoms with Crippen LogP contribution in [-0.2, 0) is 0 Å². The molecule has 0 atom stereocenters. The molecule has 0 heterocycles. The molecule has 0 aliphatic carbocycles. The second kappa shape index (κ2) is 5.95. The number of halogens is 3. The van der Waals surface area contributed by atoms with E-state index in [1.165, 1.54) is 36.4 Å². The fourth-order valence-electron chi connectivity index (χ4n) is 1.42. The lowest BCUT2D eigenvalue weighted by atomic mass is 10.3. The first kappa shape index (κ1) is 13.7. The van der Waals surface area contributed by atoms with Gasteiger partial charge in [0.05, 0.1) is 10.7 Å². The molecule has 2 nitrogen and oxygen atoms in total. The Kier molecular flexibility index (Phi) is 4.29. The van der Waals surface area contributed by atoms with E-state index in [2.05, 4.69) is 10.6 Å². The van der Waals surface area contributed by atoms with Crippen LogP contribution in [0.3, 0.4) is 0 Å². The van der Waals surface area contributed by atoms with Crippen LogP contribution in [0.4, 0.5) is 20.2 Å². The summed E-state index contributed by atoms with van der Waals surface area (Å²) in [4.78, 5) is 0. The molecule has 2 aromatic carbocycles. The maximum atomic E-state index is 13.6. The van der Waals surface area contributed by atoms with Gasteiger partial charge in [-0.2, -0.15) is 0 Å². The minimum Gasteiger partial charge on any atom is -0.332 e. The summed E-state index contributed by atoms with van der Waals surface area (Å²) in [5.74, 6) is -0.919. The lowest BCUT2D eigenvalue weighted by molar-refractivity contribution is 0.628. The van der Waals surface area contributed by atoms with Gasteiger partial charge in [0, 0.05) is 5.69 Å². The highest BCUT2D eigenvalue weighted by Crippen LogP contribution is 2.22. The van der Waals surface area contributed by atoms with Gasteiger partial charge in [-0.3, -0.25) is 0 Å². The molecule has 0 unspecified atom stereocenters. The number of nitrogens with one attached hydrogen (secondary N) is 2. The number of anilines is 2. The van der Waals surface area contributed by atoms with Crippen molar-refractivity contribution in [1.82, 2.24) is 0 Å². The molecule has 0 fully saturated rings. The Morgan fingerprint density at radius 1 is 1.00 bits per heavy atom. The average molecular weight is 299 g/mol. The SMILES string of the molecule is Fc1ccc(NC(=S)Nc2cccc(Cl)c2F)cc1. The molecule has 0 radical (unpaired) electrons. The van der Waals surface area contributed by atoms with Crippen molar-refractivity contribution >= 4 is 40.3 Å². The molecule has 0 bridgehead atoms. The number of benzene rings is 2. The third-order valence-electron chi connectivity index (χ3n) is 2.30. The van der Waals surface area contributed by atoms with Gasteiger partial charge < -0.3 is 10.6 Å². The van der Waals surface area contributed by atoms with Gasteiger partial charge in [0.1, 0.15) is 5.82 Å².